The van der Waals surface area contributed by atoms with Crippen LogP contribution in [0.4, 0.5) is 0 Å². The summed E-state index contributed by atoms with van der Waals surface area (Å²) in [5, 5.41) is 10.1. The minimum Gasteiger partial charge on any atom is -0.508 e. The van der Waals surface area contributed by atoms with E-state index in [9.17, 15) is 5.11 Å². The predicted octanol–water partition coefficient (Wildman–Crippen LogP) is 4.18. The van der Waals surface area contributed by atoms with Gasteiger partial charge in [-0.3, -0.25) is 0 Å². The number of hydrogen-bond acceptors (Lipinski definition) is 2. The van der Waals surface area contributed by atoms with Crippen molar-refractivity contribution in [1.29, 1.82) is 0 Å². The highest BCUT2D eigenvalue weighted by molar-refractivity contribution is 5.45. The second-order valence-corrected chi connectivity index (χ2v) is 6.31. The standard InChI is InChI=1S/C18H21NO/c1-18(2)10-8-15-16(12-18)19(11-9-17(15)20)13-14-6-4-3-5-7-14/h3-10,20H,11-13H2,1-2H3. The van der Waals surface area contributed by atoms with Crippen molar-refractivity contribution in [2.45, 2.75) is 26.8 Å². The van der Waals surface area contributed by atoms with Crippen LogP contribution in [-0.2, 0) is 6.54 Å². The number of aliphatic hydroxyl groups excluding tert-OH is 1. The Labute approximate surface area is 120 Å². The molecule has 0 radical (unpaired) electrons. The van der Waals surface area contributed by atoms with Gasteiger partial charge in [0.1, 0.15) is 5.76 Å². The third-order valence-electron chi connectivity index (χ3n) is 4.01. The van der Waals surface area contributed by atoms with Gasteiger partial charge < -0.3 is 10.0 Å². The van der Waals surface area contributed by atoms with Crippen LogP contribution in [0.15, 0.2) is 65.6 Å². The number of allylic oxidation sites excluding steroid dienone is 3. The fraction of sp³-hybridized carbons (Fsp3) is 0.333. The number of benzene rings is 1. The van der Waals surface area contributed by atoms with Crippen LogP contribution in [0.5, 0.6) is 0 Å². The summed E-state index contributed by atoms with van der Waals surface area (Å²) in [5.74, 6) is 0.427. The maximum absolute atomic E-state index is 10.1. The summed E-state index contributed by atoms with van der Waals surface area (Å²) >= 11 is 0. The zero-order valence-electron chi connectivity index (χ0n) is 12.1. The van der Waals surface area contributed by atoms with Crippen molar-refractivity contribution in [3.8, 4) is 0 Å². The van der Waals surface area contributed by atoms with Gasteiger partial charge in [-0.1, -0.05) is 56.3 Å². The molecule has 1 N–H and O–H groups in total. The van der Waals surface area contributed by atoms with Gasteiger partial charge in [-0.05, 0) is 23.5 Å². The van der Waals surface area contributed by atoms with E-state index in [1.165, 1.54) is 11.3 Å². The number of aliphatic hydroxyl groups is 1. The molecule has 0 unspecified atom stereocenters. The summed E-state index contributed by atoms with van der Waals surface area (Å²) in [7, 11) is 0. The first kappa shape index (κ1) is 13.0. The van der Waals surface area contributed by atoms with Crippen LogP contribution in [0.25, 0.3) is 0 Å². The monoisotopic (exact) mass is 267 g/mol. The molecule has 1 aliphatic carbocycles. The van der Waals surface area contributed by atoms with Crippen molar-refractivity contribution in [3.05, 3.63) is 71.2 Å². The Hall–Kier alpha value is -1.96. The number of hydrogen-bond donors (Lipinski definition) is 1. The molecular formula is C18H21NO. The number of nitrogens with zero attached hydrogens (tertiary/aromatic N) is 1. The molecular weight excluding hydrogens is 246 g/mol. The largest absolute Gasteiger partial charge is 0.508 e. The van der Waals surface area contributed by atoms with Gasteiger partial charge in [-0.25, -0.2) is 0 Å². The van der Waals surface area contributed by atoms with Gasteiger partial charge in [0.05, 0.1) is 0 Å². The van der Waals surface area contributed by atoms with Crippen LogP contribution < -0.4 is 0 Å². The molecule has 3 rings (SSSR count). The minimum absolute atomic E-state index is 0.158. The SMILES string of the molecule is CC1(C)C=CC2=C(C1)N(Cc1ccccc1)CC=C2O. The predicted molar refractivity (Wildman–Crippen MR) is 82.1 cm³/mol. The zero-order valence-corrected chi connectivity index (χ0v) is 12.1. The molecule has 1 aromatic rings. The highest BCUT2D eigenvalue weighted by Gasteiger charge is 2.29. The Morgan fingerprint density at radius 3 is 2.70 bits per heavy atom. The molecule has 20 heavy (non-hydrogen) atoms. The van der Waals surface area contributed by atoms with Gasteiger partial charge in [-0.15, -0.1) is 0 Å². The molecule has 0 atom stereocenters. The van der Waals surface area contributed by atoms with Crippen molar-refractivity contribution in [1.82, 2.24) is 4.90 Å². The van der Waals surface area contributed by atoms with Gasteiger partial charge in [-0.2, -0.15) is 0 Å². The van der Waals surface area contributed by atoms with E-state index in [1.54, 1.807) is 0 Å². The molecule has 2 heteroatoms. The first-order valence-corrected chi connectivity index (χ1v) is 7.16. The fourth-order valence-electron chi connectivity index (χ4n) is 2.89. The van der Waals surface area contributed by atoms with Gasteiger partial charge >= 0.3 is 0 Å². The van der Waals surface area contributed by atoms with E-state index in [0.29, 0.717) is 5.76 Å². The summed E-state index contributed by atoms with van der Waals surface area (Å²) in [6, 6.07) is 10.5. The van der Waals surface area contributed by atoms with Crippen LogP contribution >= 0.6 is 0 Å². The number of rotatable bonds is 2. The van der Waals surface area contributed by atoms with Crippen molar-refractivity contribution in [2.75, 3.05) is 6.54 Å². The topological polar surface area (TPSA) is 23.5 Å². The van der Waals surface area contributed by atoms with Crippen molar-refractivity contribution < 1.29 is 5.11 Å². The molecule has 1 aliphatic heterocycles. The molecule has 0 spiro atoms. The Morgan fingerprint density at radius 2 is 1.95 bits per heavy atom. The fourth-order valence-corrected chi connectivity index (χ4v) is 2.89. The highest BCUT2D eigenvalue weighted by Crippen LogP contribution is 2.39. The molecule has 2 aliphatic rings. The Morgan fingerprint density at radius 1 is 1.20 bits per heavy atom. The lowest BCUT2D eigenvalue weighted by molar-refractivity contribution is 0.292. The molecule has 1 heterocycles. The maximum atomic E-state index is 10.1. The summed E-state index contributed by atoms with van der Waals surface area (Å²) < 4.78 is 0. The Bertz CT molecular complexity index is 593. The summed E-state index contributed by atoms with van der Waals surface area (Å²) in [6.45, 7) is 6.16. The van der Waals surface area contributed by atoms with E-state index in [2.05, 4.69) is 55.2 Å². The molecule has 0 aromatic heterocycles. The molecule has 0 saturated heterocycles. The lowest BCUT2D eigenvalue weighted by Gasteiger charge is -2.37. The van der Waals surface area contributed by atoms with Crippen LogP contribution in [0.3, 0.4) is 0 Å². The summed E-state index contributed by atoms with van der Waals surface area (Å²) in [4.78, 5) is 2.37. The molecule has 1 aromatic carbocycles. The lowest BCUT2D eigenvalue weighted by atomic mass is 9.80. The van der Waals surface area contributed by atoms with Gasteiger partial charge in [0.25, 0.3) is 0 Å². The highest BCUT2D eigenvalue weighted by atomic mass is 16.3. The molecule has 2 nitrogen and oxygen atoms in total. The van der Waals surface area contributed by atoms with E-state index >= 15 is 0 Å². The first-order valence-electron chi connectivity index (χ1n) is 7.16. The van der Waals surface area contributed by atoms with Crippen LogP contribution in [-0.4, -0.2) is 16.6 Å². The van der Waals surface area contributed by atoms with Gasteiger partial charge in [0.15, 0.2) is 0 Å². The normalized spacial score (nSPS) is 20.7. The average molecular weight is 267 g/mol. The van der Waals surface area contributed by atoms with Gasteiger partial charge in [0, 0.05) is 24.4 Å². The van der Waals surface area contributed by atoms with Crippen LogP contribution in [0.1, 0.15) is 25.8 Å². The smallest absolute Gasteiger partial charge is 0.122 e. The average Bonchev–Trinajstić information content (AvgIpc) is 2.42. The summed E-state index contributed by atoms with van der Waals surface area (Å²) in [6.07, 6.45) is 7.15. The molecule has 0 bridgehead atoms. The van der Waals surface area contributed by atoms with E-state index in [0.717, 1.165) is 25.1 Å². The van der Waals surface area contributed by atoms with Crippen LogP contribution in [0.2, 0.25) is 0 Å². The van der Waals surface area contributed by atoms with Crippen LogP contribution in [0, 0.1) is 5.41 Å². The lowest BCUT2D eigenvalue weighted by Crippen LogP contribution is -2.31. The second-order valence-electron chi connectivity index (χ2n) is 6.31. The Balaban J connectivity index is 1.90. The molecule has 0 fully saturated rings. The van der Waals surface area contributed by atoms with Crippen molar-refractivity contribution in [2.24, 2.45) is 5.41 Å². The molecule has 104 valence electrons. The summed E-state index contributed by atoms with van der Waals surface area (Å²) in [5.41, 5.74) is 3.72. The quantitative estimate of drug-likeness (QED) is 0.868. The third-order valence-corrected chi connectivity index (χ3v) is 4.01. The molecule has 0 amide bonds. The zero-order chi connectivity index (χ0) is 14.2. The van der Waals surface area contributed by atoms with E-state index in [1.807, 2.05) is 12.1 Å². The van der Waals surface area contributed by atoms with Crippen molar-refractivity contribution >= 4 is 0 Å². The van der Waals surface area contributed by atoms with E-state index < -0.39 is 0 Å². The first-order chi connectivity index (χ1) is 9.55. The third kappa shape index (κ3) is 2.51. The van der Waals surface area contributed by atoms with Gasteiger partial charge in [0.2, 0.25) is 0 Å². The van der Waals surface area contributed by atoms with Crippen molar-refractivity contribution in [3.63, 3.8) is 0 Å². The van der Waals surface area contributed by atoms with E-state index in [-0.39, 0.29) is 5.41 Å². The Kier molecular flexibility index (Phi) is 3.17. The molecule has 0 saturated carbocycles. The van der Waals surface area contributed by atoms with E-state index in [4.69, 9.17) is 0 Å². The second kappa shape index (κ2) is 4.86. The maximum Gasteiger partial charge on any atom is 0.122 e. The minimum atomic E-state index is 0.158.